The summed E-state index contributed by atoms with van der Waals surface area (Å²) in [5.74, 6) is 2.26. The SMILES string of the molecule is Cc1cccc2nc(N)n(CC(C)C3CC3)c12. The lowest BCUT2D eigenvalue weighted by Crippen LogP contribution is -2.12. The van der Waals surface area contributed by atoms with E-state index in [0.717, 1.165) is 18.0 Å². The molecule has 0 saturated heterocycles. The van der Waals surface area contributed by atoms with Crippen molar-refractivity contribution < 1.29 is 0 Å². The largest absolute Gasteiger partial charge is 0.369 e. The van der Waals surface area contributed by atoms with E-state index < -0.39 is 0 Å². The molecule has 1 unspecified atom stereocenters. The summed E-state index contributed by atoms with van der Waals surface area (Å²) in [6.45, 7) is 5.45. The van der Waals surface area contributed by atoms with E-state index in [1.807, 2.05) is 12.1 Å². The minimum absolute atomic E-state index is 0.654. The summed E-state index contributed by atoms with van der Waals surface area (Å²) >= 11 is 0. The van der Waals surface area contributed by atoms with Gasteiger partial charge in [-0.15, -0.1) is 0 Å². The Bertz CT molecular complexity index is 552. The highest BCUT2D eigenvalue weighted by Crippen LogP contribution is 2.38. The van der Waals surface area contributed by atoms with Crippen LogP contribution in [0.3, 0.4) is 0 Å². The van der Waals surface area contributed by atoms with E-state index in [4.69, 9.17) is 5.73 Å². The number of fused-ring (bicyclic) bond motifs is 1. The van der Waals surface area contributed by atoms with Gasteiger partial charge >= 0.3 is 0 Å². The summed E-state index contributed by atoms with van der Waals surface area (Å²) in [5.41, 5.74) is 9.53. The number of nitrogens with zero attached hydrogens (tertiary/aromatic N) is 2. The molecule has 1 aliphatic rings. The zero-order valence-corrected chi connectivity index (χ0v) is 10.5. The fourth-order valence-electron chi connectivity index (χ4n) is 2.67. The number of para-hydroxylation sites is 1. The molecule has 0 bridgehead atoms. The fraction of sp³-hybridized carbons (Fsp3) is 0.500. The highest BCUT2D eigenvalue weighted by Gasteiger charge is 2.28. The van der Waals surface area contributed by atoms with Crippen molar-refractivity contribution in [3.8, 4) is 0 Å². The molecular weight excluding hydrogens is 210 g/mol. The van der Waals surface area contributed by atoms with Crippen molar-refractivity contribution in [3.63, 3.8) is 0 Å². The molecule has 0 amide bonds. The minimum Gasteiger partial charge on any atom is -0.369 e. The van der Waals surface area contributed by atoms with Gasteiger partial charge < -0.3 is 10.3 Å². The Labute approximate surface area is 102 Å². The quantitative estimate of drug-likeness (QED) is 0.879. The van der Waals surface area contributed by atoms with Gasteiger partial charge in [0.05, 0.1) is 11.0 Å². The van der Waals surface area contributed by atoms with Crippen LogP contribution in [0.1, 0.15) is 25.3 Å². The minimum atomic E-state index is 0.654. The third-order valence-corrected chi connectivity index (χ3v) is 3.90. The Hall–Kier alpha value is -1.51. The van der Waals surface area contributed by atoms with Gasteiger partial charge in [-0.2, -0.15) is 0 Å². The van der Waals surface area contributed by atoms with Gasteiger partial charge in [0, 0.05) is 6.54 Å². The number of nitrogen functional groups attached to an aromatic ring is 1. The molecule has 1 heterocycles. The number of aromatic nitrogens is 2. The van der Waals surface area contributed by atoms with Crippen molar-refractivity contribution in [3.05, 3.63) is 23.8 Å². The lowest BCUT2D eigenvalue weighted by atomic mass is 10.1. The van der Waals surface area contributed by atoms with Crippen molar-refractivity contribution in [2.45, 2.75) is 33.2 Å². The van der Waals surface area contributed by atoms with Crippen LogP contribution in [0.5, 0.6) is 0 Å². The van der Waals surface area contributed by atoms with Gasteiger partial charge in [0.1, 0.15) is 0 Å². The smallest absolute Gasteiger partial charge is 0.201 e. The lowest BCUT2D eigenvalue weighted by molar-refractivity contribution is 0.439. The number of nitrogens with two attached hydrogens (primary N) is 1. The second-order valence-electron chi connectivity index (χ2n) is 5.34. The molecule has 3 heteroatoms. The van der Waals surface area contributed by atoms with Crippen molar-refractivity contribution in [2.75, 3.05) is 5.73 Å². The molecule has 17 heavy (non-hydrogen) atoms. The topological polar surface area (TPSA) is 43.8 Å². The number of imidazole rings is 1. The molecule has 3 rings (SSSR count). The number of aryl methyl sites for hydroxylation is 1. The van der Waals surface area contributed by atoms with Crippen LogP contribution in [0.4, 0.5) is 5.95 Å². The van der Waals surface area contributed by atoms with Crippen LogP contribution >= 0.6 is 0 Å². The first kappa shape index (κ1) is 10.6. The number of hydrogen-bond acceptors (Lipinski definition) is 2. The fourth-order valence-corrected chi connectivity index (χ4v) is 2.67. The molecule has 0 spiro atoms. The molecule has 0 radical (unpaired) electrons. The standard InChI is InChI=1S/C14H19N3/c1-9-4-3-5-12-13(9)17(14(15)16-12)8-10(2)11-6-7-11/h3-5,10-11H,6-8H2,1-2H3,(H2,15,16). The molecule has 1 aromatic carbocycles. The highest BCUT2D eigenvalue weighted by atomic mass is 15.2. The summed E-state index contributed by atoms with van der Waals surface area (Å²) in [6, 6.07) is 6.21. The predicted molar refractivity (Wildman–Crippen MR) is 70.8 cm³/mol. The number of anilines is 1. The summed E-state index contributed by atoms with van der Waals surface area (Å²) in [4.78, 5) is 4.45. The Morgan fingerprint density at radius 3 is 2.94 bits per heavy atom. The van der Waals surface area contributed by atoms with Crippen LogP contribution in [-0.4, -0.2) is 9.55 Å². The molecule has 3 nitrogen and oxygen atoms in total. The van der Waals surface area contributed by atoms with E-state index >= 15 is 0 Å². The van der Waals surface area contributed by atoms with Gasteiger partial charge in [-0.3, -0.25) is 0 Å². The van der Waals surface area contributed by atoms with Crippen LogP contribution in [0.25, 0.3) is 11.0 Å². The Balaban J connectivity index is 2.04. The molecule has 1 fully saturated rings. The van der Waals surface area contributed by atoms with Crippen molar-refractivity contribution >= 4 is 17.0 Å². The average molecular weight is 229 g/mol. The van der Waals surface area contributed by atoms with Gasteiger partial charge in [0.25, 0.3) is 0 Å². The van der Waals surface area contributed by atoms with Gasteiger partial charge in [-0.25, -0.2) is 4.98 Å². The van der Waals surface area contributed by atoms with Crippen LogP contribution in [0.15, 0.2) is 18.2 Å². The first-order chi connectivity index (χ1) is 8.16. The van der Waals surface area contributed by atoms with Crippen LogP contribution < -0.4 is 5.73 Å². The van der Waals surface area contributed by atoms with E-state index in [-0.39, 0.29) is 0 Å². The van der Waals surface area contributed by atoms with E-state index in [9.17, 15) is 0 Å². The molecule has 2 aromatic rings. The van der Waals surface area contributed by atoms with Crippen molar-refractivity contribution in [1.82, 2.24) is 9.55 Å². The third-order valence-electron chi connectivity index (χ3n) is 3.90. The summed E-state index contributed by atoms with van der Waals surface area (Å²) < 4.78 is 2.19. The summed E-state index contributed by atoms with van der Waals surface area (Å²) in [7, 11) is 0. The molecule has 90 valence electrons. The predicted octanol–water partition coefficient (Wildman–Crippen LogP) is 2.97. The molecule has 0 aliphatic heterocycles. The van der Waals surface area contributed by atoms with Crippen LogP contribution in [0.2, 0.25) is 0 Å². The molecule has 1 aliphatic carbocycles. The first-order valence-corrected chi connectivity index (χ1v) is 6.38. The van der Waals surface area contributed by atoms with Gasteiger partial charge in [-0.1, -0.05) is 19.1 Å². The Morgan fingerprint density at radius 1 is 1.47 bits per heavy atom. The number of rotatable bonds is 3. The van der Waals surface area contributed by atoms with Crippen molar-refractivity contribution in [1.29, 1.82) is 0 Å². The van der Waals surface area contributed by atoms with E-state index in [1.165, 1.54) is 23.9 Å². The van der Waals surface area contributed by atoms with E-state index in [1.54, 1.807) is 0 Å². The number of benzene rings is 1. The summed E-state index contributed by atoms with van der Waals surface area (Å²) in [5, 5.41) is 0. The molecule has 1 atom stereocenters. The maximum absolute atomic E-state index is 6.04. The zero-order valence-electron chi connectivity index (χ0n) is 10.5. The molecule has 2 N–H and O–H groups in total. The lowest BCUT2D eigenvalue weighted by Gasteiger charge is -2.13. The van der Waals surface area contributed by atoms with Gasteiger partial charge in [-0.05, 0) is 43.2 Å². The Kier molecular flexibility index (Phi) is 2.35. The maximum Gasteiger partial charge on any atom is 0.201 e. The zero-order chi connectivity index (χ0) is 12.0. The second kappa shape index (κ2) is 3.76. The van der Waals surface area contributed by atoms with Crippen LogP contribution in [-0.2, 0) is 6.54 Å². The normalized spacial score (nSPS) is 17.5. The average Bonchev–Trinajstić information content (AvgIpc) is 3.06. The first-order valence-electron chi connectivity index (χ1n) is 6.38. The summed E-state index contributed by atoms with van der Waals surface area (Å²) in [6.07, 6.45) is 2.76. The van der Waals surface area contributed by atoms with E-state index in [0.29, 0.717) is 11.9 Å². The Morgan fingerprint density at radius 2 is 2.24 bits per heavy atom. The molecule has 1 saturated carbocycles. The second-order valence-corrected chi connectivity index (χ2v) is 5.34. The van der Waals surface area contributed by atoms with Gasteiger partial charge in [0.2, 0.25) is 5.95 Å². The number of hydrogen-bond donors (Lipinski definition) is 1. The molecular formula is C14H19N3. The third kappa shape index (κ3) is 1.79. The molecule has 1 aromatic heterocycles. The highest BCUT2D eigenvalue weighted by molar-refractivity contribution is 5.81. The van der Waals surface area contributed by atoms with Crippen molar-refractivity contribution in [2.24, 2.45) is 11.8 Å². The van der Waals surface area contributed by atoms with Gasteiger partial charge in [0.15, 0.2) is 0 Å². The van der Waals surface area contributed by atoms with Crippen LogP contribution in [0, 0.1) is 18.8 Å². The maximum atomic E-state index is 6.04. The monoisotopic (exact) mass is 229 g/mol. The van der Waals surface area contributed by atoms with E-state index in [2.05, 4.69) is 29.5 Å².